The number of ether oxygens (including phenoxy) is 2. The quantitative estimate of drug-likeness (QED) is 0.154. The summed E-state index contributed by atoms with van der Waals surface area (Å²) in [6, 6.07) is 17.4. The van der Waals surface area contributed by atoms with Crippen LogP contribution in [0.5, 0.6) is 5.75 Å². The molecule has 0 bridgehead atoms. The number of hydrogen-bond acceptors (Lipinski definition) is 4. The van der Waals surface area contributed by atoms with Crippen molar-refractivity contribution >= 4 is 97.3 Å². The van der Waals surface area contributed by atoms with Gasteiger partial charge in [-0.3, -0.25) is 0 Å². The first-order valence-corrected chi connectivity index (χ1v) is 13.1. The Hall–Kier alpha value is -1.18. The lowest BCUT2D eigenvalue weighted by Gasteiger charge is -2.12. The van der Waals surface area contributed by atoms with Crippen molar-refractivity contribution in [2.75, 3.05) is 0 Å². The van der Waals surface area contributed by atoms with Gasteiger partial charge in [0.25, 0.3) is 0 Å². The smallest absolute Gasteiger partial charge is 0.363 e. The molecule has 0 saturated heterocycles. The van der Waals surface area contributed by atoms with Gasteiger partial charge in [0.1, 0.15) is 12.4 Å². The van der Waals surface area contributed by atoms with E-state index in [-0.39, 0.29) is 5.70 Å². The highest BCUT2D eigenvalue weighted by Crippen LogP contribution is 2.32. The Morgan fingerprint density at radius 1 is 1.03 bits per heavy atom. The van der Waals surface area contributed by atoms with Crippen molar-refractivity contribution in [3.8, 4) is 5.75 Å². The number of rotatable bonds is 5. The Morgan fingerprint density at radius 2 is 1.75 bits per heavy atom. The third kappa shape index (κ3) is 5.48. The van der Waals surface area contributed by atoms with E-state index in [1.165, 1.54) is 0 Å². The van der Waals surface area contributed by atoms with E-state index in [9.17, 15) is 4.79 Å². The summed E-state index contributed by atoms with van der Waals surface area (Å²) in [5.41, 5.74) is 3.93. The molecule has 4 rings (SSSR count). The van der Waals surface area contributed by atoms with Crippen LogP contribution < -0.4 is 4.74 Å². The average Bonchev–Trinajstić information content (AvgIpc) is 3.11. The SMILES string of the molecule is Cc1cc(C2=N/C(=C\c3cc(I)c(OCc4ccccc4Cl)c(I)c3)C(=O)O2)ccc1I. The number of carbonyl (C=O) groups excluding carboxylic acids is 1. The topological polar surface area (TPSA) is 47.9 Å². The summed E-state index contributed by atoms with van der Waals surface area (Å²) < 4.78 is 14.4. The van der Waals surface area contributed by atoms with Crippen molar-refractivity contribution in [3.63, 3.8) is 0 Å². The van der Waals surface area contributed by atoms with E-state index in [0.717, 1.165) is 38.7 Å². The molecule has 0 radical (unpaired) electrons. The highest BCUT2D eigenvalue weighted by Gasteiger charge is 2.24. The van der Waals surface area contributed by atoms with Crippen molar-refractivity contribution in [1.29, 1.82) is 0 Å². The lowest BCUT2D eigenvalue weighted by molar-refractivity contribution is -0.129. The van der Waals surface area contributed by atoms with Crippen LogP contribution >= 0.6 is 79.4 Å². The fourth-order valence-corrected chi connectivity index (χ4v) is 5.69. The summed E-state index contributed by atoms with van der Waals surface area (Å²) >= 11 is 13.0. The molecule has 32 heavy (non-hydrogen) atoms. The van der Waals surface area contributed by atoms with Crippen LogP contribution in [0.4, 0.5) is 0 Å². The van der Waals surface area contributed by atoms with Gasteiger partial charge in [-0.25, -0.2) is 9.79 Å². The Morgan fingerprint density at radius 3 is 2.44 bits per heavy atom. The van der Waals surface area contributed by atoms with E-state index in [1.54, 1.807) is 6.08 Å². The first-order chi connectivity index (χ1) is 15.3. The van der Waals surface area contributed by atoms with Crippen molar-refractivity contribution in [1.82, 2.24) is 0 Å². The minimum Gasteiger partial charge on any atom is -0.487 e. The monoisotopic (exact) mass is 781 g/mol. The van der Waals surface area contributed by atoms with Crippen molar-refractivity contribution in [2.45, 2.75) is 13.5 Å². The van der Waals surface area contributed by atoms with Crippen LogP contribution in [0.25, 0.3) is 6.08 Å². The van der Waals surface area contributed by atoms with Crippen molar-refractivity contribution in [3.05, 3.63) is 98.3 Å². The first-order valence-electron chi connectivity index (χ1n) is 9.46. The van der Waals surface area contributed by atoms with E-state index in [2.05, 4.69) is 72.8 Å². The molecule has 0 saturated carbocycles. The third-order valence-electron chi connectivity index (χ3n) is 4.68. The standard InChI is InChI=1S/C24H15ClI3NO3/c1-13-8-15(6-7-18(13)26)23-29-21(24(30)32-23)11-14-9-19(27)22(20(28)10-14)31-12-16-4-2-3-5-17(16)25/h2-11H,12H2,1H3/b21-11-. The van der Waals surface area contributed by atoms with Crippen molar-refractivity contribution in [2.24, 2.45) is 4.99 Å². The molecular weight excluding hydrogens is 766 g/mol. The first kappa shape index (κ1) is 24.0. The summed E-state index contributed by atoms with van der Waals surface area (Å²) in [7, 11) is 0. The van der Waals surface area contributed by atoms with E-state index in [0.29, 0.717) is 17.5 Å². The molecule has 0 fully saturated rings. The molecule has 0 amide bonds. The zero-order chi connectivity index (χ0) is 22.8. The Bertz CT molecular complexity index is 1260. The van der Waals surface area contributed by atoms with Crippen LogP contribution in [0.3, 0.4) is 0 Å². The molecular formula is C24H15ClI3NO3. The molecule has 1 aliphatic rings. The number of aliphatic imine (C=N–C) groups is 1. The number of aryl methyl sites for hydroxylation is 1. The number of nitrogens with zero attached hydrogens (tertiary/aromatic N) is 1. The Kier molecular flexibility index (Phi) is 7.78. The molecule has 0 N–H and O–H groups in total. The van der Waals surface area contributed by atoms with Gasteiger partial charge in [0.2, 0.25) is 5.90 Å². The second-order valence-electron chi connectivity index (χ2n) is 6.99. The molecule has 0 aromatic heterocycles. The summed E-state index contributed by atoms with van der Waals surface area (Å²) in [6.45, 7) is 2.39. The fraction of sp³-hybridized carbons (Fsp3) is 0.0833. The number of esters is 1. The highest BCUT2D eigenvalue weighted by molar-refractivity contribution is 14.1. The van der Waals surface area contributed by atoms with Crippen LogP contribution in [0.1, 0.15) is 22.3 Å². The van der Waals surface area contributed by atoms with Crippen LogP contribution in [-0.4, -0.2) is 11.9 Å². The van der Waals surface area contributed by atoms with Crippen LogP contribution in [0.15, 0.2) is 65.3 Å². The molecule has 3 aromatic carbocycles. The zero-order valence-electron chi connectivity index (χ0n) is 16.7. The summed E-state index contributed by atoms with van der Waals surface area (Å²) in [4.78, 5) is 16.8. The molecule has 8 heteroatoms. The number of benzene rings is 3. The van der Waals surface area contributed by atoms with Gasteiger partial charge in [0, 0.05) is 19.7 Å². The molecule has 0 unspecified atom stereocenters. The molecule has 3 aromatic rings. The number of hydrogen-bond donors (Lipinski definition) is 0. The molecule has 162 valence electrons. The van der Waals surface area contributed by atoms with Gasteiger partial charge < -0.3 is 9.47 Å². The number of halogens is 4. The lowest BCUT2D eigenvalue weighted by atomic mass is 10.1. The van der Waals surface area contributed by atoms with Gasteiger partial charge in [0.05, 0.1) is 7.14 Å². The normalized spacial score (nSPS) is 14.5. The summed E-state index contributed by atoms with van der Waals surface area (Å²) in [6.07, 6.45) is 1.73. The Labute approximate surface area is 231 Å². The van der Waals surface area contributed by atoms with Crippen LogP contribution in [0, 0.1) is 17.6 Å². The van der Waals surface area contributed by atoms with Gasteiger partial charge in [-0.1, -0.05) is 29.8 Å². The highest BCUT2D eigenvalue weighted by atomic mass is 127. The predicted octanol–water partition coefficient (Wildman–Crippen LogP) is 7.39. The second kappa shape index (κ2) is 10.4. The molecule has 4 nitrogen and oxygen atoms in total. The minimum absolute atomic E-state index is 0.271. The van der Waals surface area contributed by atoms with E-state index < -0.39 is 5.97 Å². The molecule has 0 spiro atoms. The zero-order valence-corrected chi connectivity index (χ0v) is 23.9. The Balaban J connectivity index is 1.57. The molecule has 1 aliphatic heterocycles. The number of cyclic esters (lactones) is 1. The van der Waals surface area contributed by atoms with Gasteiger partial charge in [-0.15, -0.1) is 0 Å². The second-order valence-corrected chi connectivity index (χ2v) is 10.9. The average molecular weight is 782 g/mol. The van der Waals surface area contributed by atoms with E-state index in [1.807, 2.05) is 61.5 Å². The number of carbonyl (C=O) groups is 1. The predicted molar refractivity (Wildman–Crippen MR) is 152 cm³/mol. The van der Waals surface area contributed by atoms with Gasteiger partial charge in [-0.05, 0) is 128 Å². The van der Waals surface area contributed by atoms with Crippen LogP contribution in [-0.2, 0) is 16.1 Å². The molecule has 0 atom stereocenters. The van der Waals surface area contributed by atoms with E-state index >= 15 is 0 Å². The molecule has 1 heterocycles. The lowest BCUT2D eigenvalue weighted by Crippen LogP contribution is -2.05. The summed E-state index contributed by atoms with van der Waals surface area (Å²) in [5, 5.41) is 0.676. The minimum atomic E-state index is -0.458. The maximum Gasteiger partial charge on any atom is 0.363 e. The third-order valence-corrected chi connectivity index (χ3v) is 7.86. The maximum atomic E-state index is 12.4. The van der Waals surface area contributed by atoms with Gasteiger partial charge in [0.15, 0.2) is 5.70 Å². The van der Waals surface area contributed by atoms with Gasteiger partial charge in [-0.2, -0.15) is 0 Å². The maximum absolute atomic E-state index is 12.4. The largest absolute Gasteiger partial charge is 0.487 e. The van der Waals surface area contributed by atoms with Gasteiger partial charge >= 0.3 is 5.97 Å². The molecule has 0 aliphatic carbocycles. The fourth-order valence-electron chi connectivity index (χ4n) is 3.03. The van der Waals surface area contributed by atoms with E-state index in [4.69, 9.17) is 21.1 Å². The van der Waals surface area contributed by atoms with Crippen molar-refractivity contribution < 1.29 is 14.3 Å². The summed E-state index contributed by atoms with van der Waals surface area (Å²) in [5.74, 6) is 0.644. The van der Waals surface area contributed by atoms with Crippen LogP contribution in [0.2, 0.25) is 5.02 Å².